The number of Topliss-reactive ketones (excluding diaryl/α,β-unsaturated/α-hetero) is 1. The highest BCUT2D eigenvalue weighted by Crippen LogP contribution is 2.22. The van der Waals surface area contributed by atoms with Crippen LogP contribution in [0.4, 0.5) is 13.2 Å². The van der Waals surface area contributed by atoms with E-state index in [4.69, 9.17) is 0 Å². The molecular formula is C9H6BrF3O. The van der Waals surface area contributed by atoms with Gasteiger partial charge in [-0.1, -0.05) is 34.1 Å². The number of carbonyl (C=O) groups is 1. The molecule has 0 aliphatic heterocycles. The molecule has 0 saturated heterocycles. The zero-order chi connectivity index (χ0) is 10.8. The van der Waals surface area contributed by atoms with Gasteiger partial charge in [0.1, 0.15) is 0 Å². The fourth-order valence-electron chi connectivity index (χ4n) is 0.915. The first-order chi connectivity index (χ1) is 6.41. The second-order valence-corrected chi connectivity index (χ2v) is 3.54. The predicted molar refractivity (Wildman–Crippen MR) is 48.9 cm³/mol. The lowest BCUT2D eigenvalue weighted by molar-refractivity contribution is -0.170. The quantitative estimate of drug-likeness (QED) is 0.804. The number of carbonyl (C=O) groups excluding carboxylic acids is 1. The second kappa shape index (κ2) is 4.13. The lowest BCUT2D eigenvalue weighted by Crippen LogP contribution is -2.24. The molecule has 0 saturated carbocycles. The van der Waals surface area contributed by atoms with Gasteiger partial charge in [0.15, 0.2) is 0 Å². The highest BCUT2D eigenvalue weighted by molar-refractivity contribution is 9.10. The predicted octanol–water partition coefficient (Wildman–Crippen LogP) is 3.12. The summed E-state index contributed by atoms with van der Waals surface area (Å²) in [5.74, 6) is -1.73. The maximum absolute atomic E-state index is 11.9. The van der Waals surface area contributed by atoms with Crippen molar-refractivity contribution in [2.45, 2.75) is 12.6 Å². The number of benzene rings is 1. The van der Waals surface area contributed by atoms with Crippen LogP contribution in [0.25, 0.3) is 0 Å². The molecule has 1 nitrogen and oxygen atoms in total. The van der Waals surface area contributed by atoms with Crippen LogP contribution < -0.4 is 0 Å². The van der Waals surface area contributed by atoms with Gasteiger partial charge < -0.3 is 0 Å². The van der Waals surface area contributed by atoms with Gasteiger partial charge in [-0.25, -0.2) is 0 Å². The normalized spacial score (nSPS) is 11.4. The topological polar surface area (TPSA) is 17.1 Å². The molecule has 0 aromatic heterocycles. The first kappa shape index (κ1) is 11.2. The van der Waals surface area contributed by atoms with Crippen LogP contribution >= 0.6 is 15.9 Å². The van der Waals surface area contributed by atoms with Crippen molar-refractivity contribution in [2.24, 2.45) is 0 Å². The third-order valence-corrected chi connectivity index (χ3v) is 2.40. The third kappa shape index (κ3) is 2.83. The average molecular weight is 267 g/mol. The SMILES string of the molecule is O=C(Cc1ccccc1Br)C(F)(F)F. The van der Waals surface area contributed by atoms with E-state index in [1.165, 1.54) is 6.07 Å². The Morgan fingerprint density at radius 3 is 2.36 bits per heavy atom. The molecule has 0 N–H and O–H groups in total. The Hall–Kier alpha value is -0.840. The molecule has 0 aliphatic carbocycles. The maximum atomic E-state index is 11.9. The number of alkyl halides is 3. The average Bonchev–Trinajstić information content (AvgIpc) is 2.07. The Morgan fingerprint density at radius 1 is 1.29 bits per heavy atom. The van der Waals surface area contributed by atoms with Crippen LogP contribution in [0.1, 0.15) is 5.56 Å². The molecule has 76 valence electrons. The van der Waals surface area contributed by atoms with Crippen LogP contribution in [-0.2, 0) is 11.2 Å². The molecule has 1 aromatic carbocycles. The molecule has 0 aliphatic rings. The van der Waals surface area contributed by atoms with E-state index in [0.717, 1.165) is 0 Å². The molecule has 0 bridgehead atoms. The lowest BCUT2D eigenvalue weighted by atomic mass is 10.1. The van der Waals surface area contributed by atoms with E-state index >= 15 is 0 Å². The Morgan fingerprint density at radius 2 is 1.86 bits per heavy atom. The minimum absolute atomic E-state index is 0.342. The summed E-state index contributed by atoms with van der Waals surface area (Å²) >= 11 is 3.07. The van der Waals surface area contributed by atoms with E-state index in [1.807, 2.05) is 0 Å². The zero-order valence-corrected chi connectivity index (χ0v) is 8.52. The zero-order valence-electron chi connectivity index (χ0n) is 6.94. The van der Waals surface area contributed by atoms with Crippen LogP contribution in [-0.4, -0.2) is 12.0 Å². The van der Waals surface area contributed by atoms with Crippen molar-refractivity contribution in [2.75, 3.05) is 0 Å². The van der Waals surface area contributed by atoms with Gasteiger partial charge in [-0.3, -0.25) is 4.79 Å². The van der Waals surface area contributed by atoms with Crippen LogP contribution in [0.5, 0.6) is 0 Å². The fourth-order valence-corrected chi connectivity index (χ4v) is 1.34. The maximum Gasteiger partial charge on any atom is 0.450 e. The molecule has 0 radical (unpaired) electrons. The standard InChI is InChI=1S/C9H6BrF3O/c10-7-4-2-1-3-6(7)5-8(14)9(11,12)13/h1-4H,5H2. The second-order valence-electron chi connectivity index (χ2n) is 2.69. The van der Waals surface area contributed by atoms with E-state index in [2.05, 4.69) is 15.9 Å². The van der Waals surface area contributed by atoms with Crippen LogP contribution in [0.3, 0.4) is 0 Å². The Balaban J connectivity index is 2.80. The van der Waals surface area contributed by atoms with Crippen molar-refractivity contribution < 1.29 is 18.0 Å². The summed E-state index contributed by atoms with van der Waals surface area (Å²) in [5.41, 5.74) is 0.342. The van der Waals surface area contributed by atoms with Crippen molar-refractivity contribution in [3.63, 3.8) is 0 Å². The molecule has 0 fully saturated rings. The van der Waals surface area contributed by atoms with Crippen LogP contribution in [0.2, 0.25) is 0 Å². The van der Waals surface area contributed by atoms with Gasteiger partial charge in [0.25, 0.3) is 0 Å². The summed E-state index contributed by atoms with van der Waals surface area (Å²) in [6.07, 6.45) is -5.37. The van der Waals surface area contributed by atoms with E-state index in [0.29, 0.717) is 10.0 Å². The highest BCUT2D eigenvalue weighted by Gasteiger charge is 2.37. The van der Waals surface area contributed by atoms with Crippen molar-refractivity contribution >= 4 is 21.7 Å². The molecule has 0 amide bonds. The van der Waals surface area contributed by atoms with Gasteiger partial charge in [-0.2, -0.15) is 13.2 Å². The van der Waals surface area contributed by atoms with E-state index < -0.39 is 18.4 Å². The first-order valence-corrected chi connectivity index (χ1v) is 4.54. The first-order valence-electron chi connectivity index (χ1n) is 3.74. The van der Waals surface area contributed by atoms with Gasteiger partial charge in [0.2, 0.25) is 5.78 Å². The van der Waals surface area contributed by atoms with Gasteiger partial charge in [0, 0.05) is 10.9 Å². The number of halogens is 4. The van der Waals surface area contributed by atoms with Crippen LogP contribution in [0, 0.1) is 0 Å². The minimum atomic E-state index is -4.75. The molecule has 0 spiro atoms. The smallest absolute Gasteiger partial charge is 0.289 e. The monoisotopic (exact) mass is 266 g/mol. The van der Waals surface area contributed by atoms with E-state index in [-0.39, 0.29) is 0 Å². The van der Waals surface area contributed by atoms with Gasteiger partial charge in [-0.15, -0.1) is 0 Å². The Kier molecular flexibility index (Phi) is 3.31. The molecule has 0 heterocycles. The summed E-state index contributed by atoms with van der Waals surface area (Å²) in [6, 6.07) is 6.34. The van der Waals surface area contributed by atoms with Crippen LogP contribution in [0.15, 0.2) is 28.7 Å². The molecule has 0 atom stereocenters. The highest BCUT2D eigenvalue weighted by atomic mass is 79.9. The van der Waals surface area contributed by atoms with Gasteiger partial charge in [0.05, 0.1) is 0 Å². The number of hydrogen-bond acceptors (Lipinski definition) is 1. The van der Waals surface area contributed by atoms with Crippen molar-refractivity contribution in [1.29, 1.82) is 0 Å². The van der Waals surface area contributed by atoms with E-state index in [1.54, 1.807) is 18.2 Å². The summed E-state index contributed by atoms with van der Waals surface area (Å²) < 4.78 is 36.2. The van der Waals surface area contributed by atoms with Crippen molar-refractivity contribution in [3.05, 3.63) is 34.3 Å². The third-order valence-electron chi connectivity index (χ3n) is 1.63. The Bertz CT molecular complexity index is 346. The Labute approximate surface area is 87.1 Å². The summed E-state index contributed by atoms with van der Waals surface area (Å²) in [6.45, 7) is 0. The molecule has 0 unspecified atom stereocenters. The summed E-state index contributed by atoms with van der Waals surface area (Å²) in [7, 11) is 0. The summed E-state index contributed by atoms with van der Waals surface area (Å²) in [4.78, 5) is 10.6. The van der Waals surface area contributed by atoms with Gasteiger partial charge in [-0.05, 0) is 11.6 Å². The van der Waals surface area contributed by atoms with E-state index in [9.17, 15) is 18.0 Å². The van der Waals surface area contributed by atoms with Gasteiger partial charge >= 0.3 is 6.18 Å². The number of hydrogen-bond donors (Lipinski definition) is 0. The molecule has 1 rings (SSSR count). The minimum Gasteiger partial charge on any atom is -0.289 e. The van der Waals surface area contributed by atoms with Crippen molar-refractivity contribution in [3.8, 4) is 0 Å². The number of ketones is 1. The van der Waals surface area contributed by atoms with Crippen molar-refractivity contribution in [1.82, 2.24) is 0 Å². The molecule has 1 aromatic rings. The summed E-state index contributed by atoms with van der Waals surface area (Å²) in [5, 5.41) is 0. The molecular weight excluding hydrogens is 261 g/mol. The largest absolute Gasteiger partial charge is 0.450 e. The molecule has 14 heavy (non-hydrogen) atoms. The molecule has 5 heteroatoms. The fraction of sp³-hybridized carbons (Fsp3) is 0.222. The number of rotatable bonds is 2. The lowest BCUT2D eigenvalue weighted by Gasteiger charge is -2.06.